The molecule has 0 spiro atoms. The van der Waals surface area contributed by atoms with Gasteiger partial charge in [0.2, 0.25) is 5.95 Å². The number of carbonyl (C=O) groups excluding carboxylic acids is 2. The number of nitrogens with zero attached hydrogens (tertiary/aromatic N) is 6. The van der Waals surface area contributed by atoms with Crippen LogP contribution in [0.25, 0.3) is 0 Å². The van der Waals surface area contributed by atoms with Gasteiger partial charge in [0.15, 0.2) is 0 Å². The second-order valence-corrected chi connectivity index (χ2v) is 11.9. The van der Waals surface area contributed by atoms with Crippen molar-refractivity contribution in [3.63, 3.8) is 0 Å². The fraction of sp³-hybridized carbons (Fsp3) is 0.567. The number of methoxy groups -OCH3 is 1. The Bertz CT molecular complexity index is 1410. The van der Waals surface area contributed by atoms with Gasteiger partial charge in [-0.15, -0.1) is 0 Å². The zero-order valence-corrected chi connectivity index (χ0v) is 25.4. The van der Waals surface area contributed by atoms with E-state index in [1.807, 2.05) is 6.92 Å². The van der Waals surface area contributed by atoms with Crippen LogP contribution in [0.1, 0.15) is 60.8 Å². The molecule has 2 aliphatic heterocycles. The van der Waals surface area contributed by atoms with Gasteiger partial charge in [-0.2, -0.15) is 31.4 Å². The zero-order valence-electron chi connectivity index (χ0n) is 25.4. The third-order valence-electron chi connectivity index (χ3n) is 8.68. The summed E-state index contributed by atoms with van der Waals surface area (Å²) in [6.45, 7) is 2.15. The number of likely N-dealkylation sites (tertiary alicyclic amines) is 1. The Morgan fingerprint density at radius 3 is 2.13 bits per heavy atom. The number of carbonyl (C=O) groups is 2. The van der Waals surface area contributed by atoms with E-state index in [1.54, 1.807) is 35.6 Å². The average molecular weight is 657 g/mol. The van der Waals surface area contributed by atoms with E-state index in [2.05, 4.69) is 15.1 Å². The molecule has 0 bridgehead atoms. The van der Waals surface area contributed by atoms with Crippen molar-refractivity contribution in [3.8, 4) is 0 Å². The predicted molar refractivity (Wildman–Crippen MR) is 153 cm³/mol. The number of halogens is 6. The van der Waals surface area contributed by atoms with Crippen molar-refractivity contribution in [2.24, 2.45) is 11.0 Å². The van der Waals surface area contributed by atoms with Crippen LogP contribution in [-0.2, 0) is 33.2 Å². The van der Waals surface area contributed by atoms with Crippen LogP contribution in [0.5, 0.6) is 0 Å². The Labute approximate surface area is 261 Å². The van der Waals surface area contributed by atoms with Gasteiger partial charge in [-0.1, -0.05) is 6.92 Å². The predicted octanol–water partition coefficient (Wildman–Crippen LogP) is 5.48. The zero-order chi connectivity index (χ0) is 33.4. The van der Waals surface area contributed by atoms with E-state index in [0.717, 1.165) is 5.56 Å². The molecular formula is C30H34F6N6O4. The number of hydrogen-bond donors (Lipinski definition) is 0. The molecule has 5 rings (SSSR count). The molecule has 3 aliphatic rings. The minimum atomic E-state index is -5.01. The summed E-state index contributed by atoms with van der Waals surface area (Å²) in [5, 5.41) is 5.95. The number of ether oxygens (including phenoxy) is 2. The topological polar surface area (TPSA) is 100 Å². The summed E-state index contributed by atoms with van der Waals surface area (Å²) in [7, 11) is 3.09. The van der Waals surface area contributed by atoms with Gasteiger partial charge in [0, 0.05) is 57.2 Å². The number of hydrogen-bond acceptors (Lipinski definition) is 9. The van der Waals surface area contributed by atoms with Crippen molar-refractivity contribution in [1.29, 1.82) is 0 Å². The van der Waals surface area contributed by atoms with Gasteiger partial charge in [0.05, 0.1) is 30.2 Å². The molecule has 1 unspecified atom stereocenters. The molecule has 0 radical (unpaired) electrons. The van der Waals surface area contributed by atoms with E-state index in [0.29, 0.717) is 44.4 Å². The molecule has 250 valence electrons. The quantitative estimate of drug-likeness (QED) is 0.272. The van der Waals surface area contributed by atoms with Crippen LogP contribution in [-0.4, -0.2) is 83.6 Å². The largest absolute Gasteiger partial charge is 0.469 e. The van der Waals surface area contributed by atoms with E-state index in [-0.39, 0.29) is 54.5 Å². The summed E-state index contributed by atoms with van der Waals surface area (Å²) in [4.78, 5) is 36.9. The molecule has 1 aromatic heterocycles. The van der Waals surface area contributed by atoms with E-state index in [4.69, 9.17) is 9.47 Å². The average Bonchev–Trinajstić information content (AvgIpc) is 3.62. The maximum Gasteiger partial charge on any atom is 0.416 e. The number of hydrazone groups is 1. The lowest BCUT2D eigenvalue weighted by atomic mass is 9.82. The fourth-order valence-corrected chi connectivity index (χ4v) is 6.07. The summed E-state index contributed by atoms with van der Waals surface area (Å²) in [6, 6.07) is 0.580. The van der Waals surface area contributed by atoms with Crippen LogP contribution in [0.15, 0.2) is 35.7 Å². The number of aromatic nitrogens is 2. The molecule has 2 fully saturated rings. The monoisotopic (exact) mass is 656 g/mol. The highest BCUT2D eigenvalue weighted by Crippen LogP contribution is 2.38. The molecule has 3 atom stereocenters. The maximum absolute atomic E-state index is 13.7. The van der Waals surface area contributed by atoms with Crippen LogP contribution >= 0.6 is 0 Å². The molecule has 46 heavy (non-hydrogen) atoms. The SMILES string of the molecule is CC[C@@H]1C[C@H](N(Cc2cc(C(F)(F)F)cc(C(F)(F)F)c2)c2ncc(C3C=NN(C)C3)cn2)CN1C(=O)OC1CC(C(=O)OC)C1. The fourth-order valence-electron chi connectivity index (χ4n) is 6.07. The van der Waals surface area contributed by atoms with E-state index in [1.165, 1.54) is 12.0 Å². The molecule has 1 aliphatic carbocycles. The Balaban J connectivity index is 1.42. The van der Waals surface area contributed by atoms with Gasteiger partial charge in [-0.3, -0.25) is 9.80 Å². The van der Waals surface area contributed by atoms with Gasteiger partial charge < -0.3 is 19.3 Å². The molecule has 16 heteroatoms. The Kier molecular flexibility index (Phi) is 9.36. The summed E-state index contributed by atoms with van der Waals surface area (Å²) in [5.74, 6) is -0.724. The van der Waals surface area contributed by atoms with Crippen molar-refractivity contribution in [2.45, 2.75) is 75.6 Å². The minimum absolute atomic E-state index is 0.0702. The number of likely N-dealkylation sites (N-methyl/N-ethyl adjacent to an activating group) is 1. The summed E-state index contributed by atoms with van der Waals surface area (Å²) in [5.41, 5.74) is -2.35. The number of amides is 1. The lowest BCUT2D eigenvalue weighted by Crippen LogP contribution is -2.44. The number of alkyl halides is 6. The molecule has 1 saturated carbocycles. The molecule has 3 heterocycles. The second kappa shape index (κ2) is 12.9. The van der Waals surface area contributed by atoms with Crippen LogP contribution in [0.2, 0.25) is 0 Å². The Morgan fingerprint density at radius 1 is 0.978 bits per heavy atom. The standard InChI is InChI=1S/C30H34F6N6O4/c1-4-23-10-24(16-42(23)28(44)46-25-7-18(8-25)26(43)45-3)41(27-37-11-19(12-38-27)20-13-39-40(2)15-20)14-17-5-21(29(31,32)33)9-22(6-17)30(34,35)36/h5-6,9,11-13,18,20,23-25H,4,7-8,10,14-16H2,1-3H3/t18?,20?,23-,24+,25?/m1/s1. The van der Waals surface area contributed by atoms with Crippen molar-refractivity contribution in [2.75, 3.05) is 32.1 Å². The lowest BCUT2D eigenvalue weighted by Gasteiger charge is -2.34. The summed E-state index contributed by atoms with van der Waals surface area (Å²) < 4.78 is 92.4. The van der Waals surface area contributed by atoms with Gasteiger partial charge in [-0.05, 0) is 55.0 Å². The van der Waals surface area contributed by atoms with Crippen molar-refractivity contribution < 1.29 is 45.4 Å². The van der Waals surface area contributed by atoms with Gasteiger partial charge in [0.25, 0.3) is 0 Å². The van der Waals surface area contributed by atoms with E-state index in [9.17, 15) is 35.9 Å². The van der Waals surface area contributed by atoms with Crippen LogP contribution in [0, 0.1) is 5.92 Å². The third-order valence-corrected chi connectivity index (χ3v) is 8.68. The van der Waals surface area contributed by atoms with Crippen molar-refractivity contribution in [1.82, 2.24) is 19.9 Å². The van der Waals surface area contributed by atoms with Crippen LogP contribution in [0.3, 0.4) is 0 Å². The first-order chi connectivity index (χ1) is 21.7. The van der Waals surface area contributed by atoms with Gasteiger partial charge >= 0.3 is 24.4 Å². The van der Waals surface area contributed by atoms with Crippen LogP contribution in [0.4, 0.5) is 37.1 Å². The smallest absolute Gasteiger partial charge is 0.416 e. The molecule has 0 N–H and O–H groups in total. The van der Waals surface area contributed by atoms with E-state index < -0.39 is 41.7 Å². The molecule has 1 saturated heterocycles. The lowest BCUT2D eigenvalue weighted by molar-refractivity contribution is -0.153. The highest BCUT2D eigenvalue weighted by atomic mass is 19.4. The van der Waals surface area contributed by atoms with Gasteiger partial charge in [-0.25, -0.2) is 14.8 Å². The van der Waals surface area contributed by atoms with Crippen molar-refractivity contribution in [3.05, 3.63) is 52.8 Å². The first-order valence-corrected chi connectivity index (χ1v) is 14.8. The minimum Gasteiger partial charge on any atom is -0.469 e. The summed E-state index contributed by atoms with van der Waals surface area (Å²) in [6.07, 6.45) is -4.71. The summed E-state index contributed by atoms with van der Waals surface area (Å²) >= 11 is 0. The molecule has 10 nitrogen and oxygen atoms in total. The molecular weight excluding hydrogens is 622 g/mol. The number of benzene rings is 1. The van der Waals surface area contributed by atoms with Gasteiger partial charge in [0.1, 0.15) is 6.10 Å². The first-order valence-electron chi connectivity index (χ1n) is 14.8. The maximum atomic E-state index is 13.7. The first kappa shape index (κ1) is 33.3. The third kappa shape index (κ3) is 7.30. The Hall–Kier alpha value is -4.11. The second-order valence-electron chi connectivity index (χ2n) is 11.9. The van der Waals surface area contributed by atoms with E-state index >= 15 is 0 Å². The number of rotatable bonds is 8. The molecule has 1 aromatic carbocycles. The highest BCUT2D eigenvalue weighted by Gasteiger charge is 2.43. The molecule has 1 amide bonds. The van der Waals surface area contributed by atoms with Crippen molar-refractivity contribution >= 4 is 24.2 Å². The number of anilines is 1. The number of esters is 1. The normalized spacial score (nSPS) is 24.6. The Morgan fingerprint density at radius 2 is 1.61 bits per heavy atom. The van der Waals surface area contributed by atoms with Crippen LogP contribution < -0.4 is 4.90 Å². The highest BCUT2D eigenvalue weighted by molar-refractivity contribution is 5.74. The molecule has 2 aromatic rings.